The van der Waals surface area contributed by atoms with Gasteiger partial charge in [-0.05, 0) is 13.3 Å². The van der Waals surface area contributed by atoms with Crippen molar-refractivity contribution >= 4 is 0 Å². The topological polar surface area (TPSA) is 41.3 Å². The molecule has 2 atom stereocenters. The minimum Gasteiger partial charge on any atom is -0.316 e. The Hall–Kier alpha value is -0.120. The third-order valence-corrected chi connectivity index (χ3v) is 2.56. The van der Waals surface area contributed by atoms with Crippen molar-refractivity contribution in [3.63, 3.8) is 0 Å². The van der Waals surface area contributed by atoms with Crippen molar-refractivity contribution in [2.45, 2.75) is 38.9 Å². The van der Waals surface area contributed by atoms with Crippen LogP contribution < -0.4 is 11.1 Å². The van der Waals surface area contributed by atoms with Gasteiger partial charge < -0.3 is 11.1 Å². The summed E-state index contributed by atoms with van der Waals surface area (Å²) >= 11 is 0. The fraction of sp³-hybridized carbons (Fsp3) is 1.00. The Morgan fingerprint density at radius 1 is 1.67 bits per heavy atom. The molecule has 1 rings (SSSR count). The Bertz CT molecular complexity index is 127. The molecule has 0 aromatic heterocycles. The Morgan fingerprint density at radius 2 is 2.42 bits per heavy atom. The number of hydrogen-bond acceptors (Lipinski definition) is 3. The smallest absolute Gasteiger partial charge is 0.0575 e. The van der Waals surface area contributed by atoms with Gasteiger partial charge >= 0.3 is 0 Å². The summed E-state index contributed by atoms with van der Waals surface area (Å²) in [4.78, 5) is 2.40. The van der Waals surface area contributed by atoms with Crippen LogP contribution in [0.1, 0.15) is 26.7 Å². The molecule has 0 aromatic carbocycles. The monoisotopic (exact) mass is 171 g/mol. The highest BCUT2D eigenvalue weighted by Gasteiger charge is 2.22. The van der Waals surface area contributed by atoms with Crippen LogP contribution in [0.15, 0.2) is 0 Å². The first-order valence-electron chi connectivity index (χ1n) is 4.97. The summed E-state index contributed by atoms with van der Waals surface area (Å²) in [6.07, 6.45) is 2.56. The van der Waals surface area contributed by atoms with Crippen molar-refractivity contribution in [3.05, 3.63) is 0 Å². The van der Waals surface area contributed by atoms with E-state index < -0.39 is 0 Å². The van der Waals surface area contributed by atoms with E-state index in [-0.39, 0.29) is 6.17 Å². The van der Waals surface area contributed by atoms with Gasteiger partial charge in [-0.25, -0.2) is 0 Å². The zero-order valence-corrected chi connectivity index (χ0v) is 8.21. The standard InChI is InChI=1S/C9H21N3/c1-3-4-9(10)12-6-5-11-7-8(12)2/h8-9,11H,3-7,10H2,1-2H3. The predicted octanol–water partition coefficient (Wildman–Crippen LogP) is 0.365. The van der Waals surface area contributed by atoms with E-state index in [1.54, 1.807) is 0 Å². The molecule has 0 aliphatic carbocycles. The molecule has 12 heavy (non-hydrogen) atoms. The second-order valence-electron chi connectivity index (χ2n) is 3.65. The molecule has 1 saturated heterocycles. The molecule has 2 unspecified atom stereocenters. The van der Waals surface area contributed by atoms with Crippen LogP contribution in [0.2, 0.25) is 0 Å². The van der Waals surface area contributed by atoms with E-state index in [0.717, 1.165) is 26.1 Å². The fourth-order valence-corrected chi connectivity index (χ4v) is 1.81. The van der Waals surface area contributed by atoms with Crippen LogP contribution in [0.25, 0.3) is 0 Å². The van der Waals surface area contributed by atoms with Gasteiger partial charge in [-0.2, -0.15) is 0 Å². The molecule has 0 bridgehead atoms. The minimum absolute atomic E-state index is 0.270. The highest BCUT2D eigenvalue weighted by atomic mass is 15.3. The molecule has 3 heteroatoms. The molecular formula is C9H21N3. The van der Waals surface area contributed by atoms with Gasteiger partial charge in [-0.15, -0.1) is 0 Å². The molecular weight excluding hydrogens is 150 g/mol. The summed E-state index contributed by atoms with van der Waals surface area (Å²) in [5.41, 5.74) is 6.05. The quantitative estimate of drug-likeness (QED) is 0.644. The van der Waals surface area contributed by atoms with Crippen LogP contribution >= 0.6 is 0 Å². The van der Waals surface area contributed by atoms with Crippen molar-refractivity contribution in [2.75, 3.05) is 19.6 Å². The first kappa shape index (κ1) is 9.96. The molecule has 0 spiro atoms. The zero-order chi connectivity index (χ0) is 8.97. The first-order chi connectivity index (χ1) is 5.75. The van der Waals surface area contributed by atoms with Crippen LogP contribution in [0.5, 0.6) is 0 Å². The maximum Gasteiger partial charge on any atom is 0.0575 e. The molecule has 0 aromatic rings. The predicted molar refractivity (Wildman–Crippen MR) is 51.9 cm³/mol. The summed E-state index contributed by atoms with van der Waals surface area (Å²) in [6, 6.07) is 0.597. The Kier molecular flexibility index (Phi) is 3.98. The van der Waals surface area contributed by atoms with Crippen LogP contribution in [0, 0.1) is 0 Å². The molecule has 0 saturated carbocycles. The van der Waals surface area contributed by atoms with Gasteiger partial charge in [0.1, 0.15) is 0 Å². The third-order valence-electron chi connectivity index (χ3n) is 2.56. The number of rotatable bonds is 3. The van der Waals surface area contributed by atoms with Crippen molar-refractivity contribution in [1.82, 2.24) is 10.2 Å². The van der Waals surface area contributed by atoms with E-state index in [9.17, 15) is 0 Å². The maximum absolute atomic E-state index is 6.05. The number of nitrogens with two attached hydrogens (primary N) is 1. The Morgan fingerprint density at radius 3 is 3.00 bits per heavy atom. The largest absolute Gasteiger partial charge is 0.316 e. The van der Waals surface area contributed by atoms with Crippen molar-refractivity contribution in [3.8, 4) is 0 Å². The lowest BCUT2D eigenvalue weighted by Crippen LogP contribution is -2.56. The molecule has 3 nitrogen and oxygen atoms in total. The number of nitrogens with one attached hydrogen (secondary N) is 1. The number of piperazine rings is 1. The highest BCUT2D eigenvalue weighted by Crippen LogP contribution is 2.08. The summed E-state index contributed by atoms with van der Waals surface area (Å²) in [6.45, 7) is 7.69. The summed E-state index contributed by atoms with van der Waals surface area (Å²) in [5, 5.41) is 3.36. The average Bonchev–Trinajstić information content (AvgIpc) is 2.05. The van der Waals surface area contributed by atoms with Crippen LogP contribution in [-0.2, 0) is 0 Å². The SMILES string of the molecule is CCCC(N)N1CCNCC1C. The summed E-state index contributed by atoms with van der Waals surface area (Å²) in [5.74, 6) is 0. The summed E-state index contributed by atoms with van der Waals surface area (Å²) < 4.78 is 0. The number of hydrogen-bond donors (Lipinski definition) is 2. The average molecular weight is 171 g/mol. The normalized spacial score (nSPS) is 28.8. The maximum atomic E-state index is 6.05. The van der Waals surface area contributed by atoms with E-state index in [1.807, 2.05) is 0 Å². The van der Waals surface area contributed by atoms with Gasteiger partial charge in [-0.3, -0.25) is 4.90 Å². The molecule has 3 N–H and O–H groups in total. The molecule has 1 aliphatic heterocycles. The molecule has 1 heterocycles. The lowest BCUT2D eigenvalue weighted by Gasteiger charge is -2.38. The van der Waals surface area contributed by atoms with E-state index in [2.05, 4.69) is 24.1 Å². The van der Waals surface area contributed by atoms with Crippen molar-refractivity contribution < 1.29 is 0 Å². The van der Waals surface area contributed by atoms with Gasteiger partial charge in [-0.1, -0.05) is 13.3 Å². The Labute approximate surface area is 75.3 Å². The lowest BCUT2D eigenvalue weighted by atomic mass is 10.1. The minimum atomic E-state index is 0.270. The van der Waals surface area contributed by atoms with E-state index in [0.29, 0.717) is 6.04 Å². The molecule has 72 valence electrons. The van der Waals surface area contributed by atoms with E-state index in [1.165, 1.54) is 6.42 Å². The fourth-order valence-electron chi connectivity index (χ4n) is 1.81. The molecule has 1 aliphatic rings. The summed E-state index contributed by atoms with van der Waals surface area (Å²) in [7, 11) is 0. The third kappa shape index (κ3) is 2.44. The molecule has 0 amide bonds. The van der Waals surface area contributed by atoms with Gasteiger partial charge in [0.15, 0.2) is 0 Å². The Balaban J connectivity index is 2.36. The lowest BCUT2D eigenvalue weighted by molar-refractivity contribution is 0.113. The molecule has 1 fully saturated rings. The van der Waals surface area contributed by atoms with Crippen LogP contribution in [0.3, 0.4) is 0 Å². The number of nitrogens with zero attached hydrogens (tertiary/aromatic N) is 1. The van der Waals surface area contributed by atoms with Crippen molar-refractivity contribution in [1.29, 1.82) is 0 Å². The van der Waals surface area contributed by atoms with Gasteiger partial charge in [0, 0.05) is 25.7 Å². The van der Waals surface area contributed by atoms with Crippen LogP contribution in [0.4, 0.5) is 0 Å². The highest BCUT2D eigenvalue weighted by molar-refractivity contribution is 4.79. The molecule has 0 radical (unpaired) electrons. The zero-order valence-electron chi connectivity index (χ0n) is 8.21. The first-order valence-corrected chi connectivity index (χ1v) is 4.97. The van der Waals surface area contributed by atoms with E-state index >= 15 is 0 Å². The van der Waals surface area contributed by atoms with Gasteiger partial charge in [0.2, 0.25) is 0 Å². The van der Waals surface area contributed by atoms with Gasteiger partial charge in [0.25, 0.3) is 0 Å². The second kappa shape index (κ2) is 4.80. The van der Waals surface area contributed by atoms with Gasteiger partial charge in [0.05, 0.1) is 6.17 Å². The van der Waals surface area contributed by atoms with Crippen molar-refractivity contribution in [2.24, 2.45) is 5.73 Å². The van der Waals surface area contributed by atoms with E-state index in [4.69, 9.17) is 5.73 Å². The second-order valence-corrected chi connectivity index (χ2v) is 3.65. The van der Waals surface area contributed by atoms with Crippen LogP contribution in [-0.4, -0.2) is 36.7 Å².